The summed E-state index contributed by atoms with van der Waals surface area (Å²) in [7, 11) is 0. The van der Waals surface area contributed by atoms with Gasteiger partial charge in [0.2, 0.25) is 0 Å². The first kappa shape index (κ1) is 51.6. The minimum Gasteiger partial charge on any atom is -0.310 e. The highest BCUT2D eigenvalue weighted by atomic mass is 15.2. The van der Waals surface area contributed by atoms with Crippen molar-refractivity contribution in [3.8, 4) is 55.9 Å². The predicted octanol–water partition coefficient (Wildman–Crippen LogP) is 27.7. The SMILES string of the molecule is [2H]c1c([2H])c(-n2c3c([2H])c([2H])c([2H])c([2H])c3c3c([2H])c([2H])c([2H])c([2H])c32)c([2H])c2c1B1c3c(cc(C(C)(C)C)cc3N(c3c(-c4ccccc4)cc(C(C)(C)C)cc3-c3cc(C(C)(C)C)cc(C(C)(C)C)c3)c3c([2H])c(-n4c5c([2H])c([2H])c([2H])c([2H])c5c5c([2H])c([2H])c([2H])c([2H])c54)c([2H])c([2H])c31)N2c1c(-c2ccccc2)cc(C(C)(C)C)cc1-c1cc(C(C)(C)C)cc(C(C)(C)C)c1. The van der Waals surface area contributed by atoms with Crippen LogP contribution in [0.2, 0.25) is 0 Å². The monoisotopic (exact) mass is 1470 g/mol. The molecule has 554 valence electrons. The highest BCUT2D eigenvalue weighted by Gasteiger charge is 2.47. The van der Waals surface area contributed by atoms with Gasteiger partial charge in [-0.3, -0.25) is 0 Å². The Morgan fingerprint density at radius 2 is 0.523 bits per heavy atom. The molecule has 0 fully saturated rings. The highest BCUT2D eigenvalue weighted by Crippen LogP contribution is 2.57. The first-order chi connectivity index (χ1) is 61.7. The maximum absolute atomic E-state index is 12.0. The number of para-hydroxylation sites is 4. The molecular weight excluding hydrogens is 1340 g/mol. The van der Waals surface area contributed by atoms with Crippen molar-refractivity contribution < 1.29 is 30.2 Å². The molecule has 5 heteroatoms. The average molecular weight is 1470 g/mol. The molecule has 2 aliphatic heterocycles. The molecule has 0 unspecified atom stereocenters. The standard InChI is InChI=1S/C106H107BN4/c1-100(2,3)70-52-68(53-71(56-70)101(4,5)6)85-60-74(104(13,14)15)58-83(66-36-24-22-25-37-66)98(85)110-93-64-77(108-89-44-32-28-40-79(89)80-41-29-33-45-90(80)108)48-50-87(93)107-88-51-49-78(109-91-46-34-30-42-81(91)82-43-31-35-47-92(82)109)65-94(88)111(96-63-76(106(19,20)21)62-95(110)97(96)107)99-84(67-38-26-23-27-39-67)59-75(105(16,17)18)61-86(99)69-54-72(102(7,8)9)57-73(55-69)103(10,11)12/h22-65H,1-21H3/i28D,29D,30D,31D,32D,33D,34D,35D,40D,41D,42D,43D,44D,45D,46D,47D,48D,49D,50D,51D,64D,65D. The van der Waals surface area contributed by atoms with Gasteiger partial charge in [-0.15, -0.1) is 0 Å². The van der Waals surface area contributed by atoms with E-state index in [1.165, 1.54) is 0 Å². The molecule has 111 heavy (non-hydrogen) atoms. The van der Waals surface area contributed by atoms with Crippen LogP contribution in [0.5, 0.6) is 0 Å². The summed E-state index contributed by atoms with van der Waals surface area (Å²) in [4.78, 5) is 3.92. The van der Waals surface area contributed by atoms with Crippen molar-refractivity contribution in [1.82, 2.24) is 9.13 Å². The van der Waals surface area contributed by atoms with Crippen molar-refractivity contribution in [2.24, 2.45) is 0 Å². The number of benzene rings is 13. The molecule has 0 radical (unpaired) electrons. The van der Waals surface area contributed by atoms with Crippen LogP contribution < -0.4 is 26.2 Å². The summed E-state index contributed by atoms with van der Waals surface area (Å²) in [6, 6.07) is 29.7. The Balaban J connectivity index is 1.21. The van der Waals surface area contributed by atoms with E-state index in [1.807, 2.05) is 82.6 Å². The molecule has 2 aliphatic rings. The summed E-state index contributed by atoms with van der Waals surface area (Å²) in [6.45, 7) is 43.1. The van der Waals surface area contributed by atoms with Crippen LogP contribution >= 0.6 is 0 Å². The second-order valence-corrected chi connectivity index (χ2v) is 37.5. The minimum atomic E-state index is -1.68. The van der Waals surface area contributed by atoms with Crippen LogP contribution in [0.15, 0.2) is 266 Å². The molecule has 0 atom stereocenters. The molecular formula is C106H107BN4. The van der Waals surface area contributed by atoms with Crippen molar-refractivity contribution in [2.75, 3.05) is 9.80 Å². The Morgan fingerprint density at radius 3 is 0.811 bits per heavy atom. The van der Waals surface area contributed by atoms with Crippen LogP contribution in [0.4, 0.5) is 34.1 Å². The first-order valence-electron chi connectivity index (χ1n) is 49.5. The van der Waals surface area contributed by atoms with Gasteiger partial charge in [-0.2, -0.15) is 0 Å². The Hall–Kier alpha value is -10.9. The molecule has 2 aromatic heterocycles. The third-order valence-corrected chi connectivity index (χ3v) is 22.4. The van der Waals surface area contributed by atoms with Gasteiger partial charge in [-0.1, -0.05) is 327 Å². The molecule has 0 saturated carbocycles. The van der Waals surface area contributed by atoms with Gasteiger partial charge in [0.15, 0.2) is 0 Å². The van der Waals surface area contributed by atoms with E-state index in [2.05, 4.69) is 206 Å². The molecule has 15 aromatic rings. The Labute approximate surface area is 691 Å². The van der Waals surface area contributed by atoms with Gasteiger partial charge in [0.1, 0.15) is 0 Å². The molecule has 0 aliphatic carbocycles. The Morgan fingerprint density at radius 1 is 0.261 bits per heavy atom. The second kappa shape index (κ2) is 25.9. The van der Waals surface area contributed by atoms with Gasteiger partial charge in [-0.25, -0.2) is 0 Å². The molecule has 0 spiro atoms. The van der Waals surface area contributed by atoms with Crippen molar-refractivity contribution in [1.29, 1.82) is 0 Å². The Bertz CT molecular complexity index is 6970. The normalized spacial score (nSPS) is 16.4. The van der Waals surface area contributed by atoms with Gasteiger partial charge in [0.25, 0.3) is 6.71 Å². The lowest BCUT2D eigenvalue weighted by molar-refractivity contribution is 0.568. The van der Waals surface area contributed by atoms with Gasteiger partial charge < -0.3 is 18.9 Å². The van der Waals surface area contributed by atoms with Crippen LogP contribution in [-0.4, -0.2) is 15.8 Å². The van der Waals surface area contributed by atoms with E-state index < -0.39 is 211 Å². The van der Waals surface area contributed by atoms with Gasteiger partial charge in [-0.05, 0) is 200 Å². The number of hydrogen-bond acceptors (Lipinski definition) is 2. The summed E-state index contributed by atoms with van der Waals surface area (Å²) in [6.07, 6.45) is 0. The number of hydrogen-bond donors (Lipinski definition) is 0. The fraction of sp³-hybridized carbons (Fsp3) is 0.264. The molecule has 4 nitrogen and oxygen atoms in total. The lowest BCUT2D eigenvalue weighted by Crippen LogP contribution is -2.61. The largest absolute Gasteiger partial charge is 0.310 e. The van der Waals surface area contributed by atoms with Crippen LogP contribution in [0, 0.1) is 0 Å². The number of aromatic nitrogens is 2. The smallest absolute Gasteiger partial charge is 0.252 e. The fourth-order valence-corrected chi connectivity index (χ4v) is 16.0. The molecule has 0 amide bonds. The summed E-state index contributed by atoms with van der Waals surface area (Å²) < 4.78 is 226. The summed E-state index contributed by atoms with van der Waals surface area (Å²) in [5, 5.41) is -1.40. The van der Waals surface area contributed by atoms with Gasteiger partial charge >= 0.3 is 0 Å². The molecule has 13 aromatic carbocycles. The number of anilines is 6. The summed E-state index contributed by atoms with van der Waals surface area (Å²) in [5.41, 5.74) is 5.88. The van der Waals surface area contributed by atoms with E-state index in [9.17, 15) is 30.2 Å². The van der Waals surface area contributed by atoms with E-state index in [4.69, 9.17) is 0 Å². The second-order valence-electron chi connectivity index (χ2n) is 37.5. The molecule has 17 rings (SSSR count). The van der Waals surface area contributed by atoms with Crippen LogP contribution in [0.3, 0.4) is 0 Å². The first-order valence-corrected chi connectivity index (χ1v) is 38.5. The van der Waals surface area contributed by atoms with Crippen molar-refractivity contribution >= 4 is 101 Å². The zero-order valence-electron chi connectivity index (χ0n) is 89.6. The van der Waals surface area contributed by atoms with Crippen molar-refractivity contribution in [2.45, 2.75) is 183 Å². The lowest BCUT2D eigenvalue weighted by atomic mass is 9.33. The fourth-order valence-electron chi connectivity index (χ4n) is 16.0. The third kappa shape index (κ3) is 12.5. The quantitative estimate of drug-likeness (QED) is 0.141. The number of rotatable bonds is 8. The van der Waals surface area contributed by atoms with Crippen LogP contribution in [0.25, 0.3) is 99.5 Å². The van der Waals surface area contributed by atoms with E-state index in [0.717, 1.165) is 53.6 Å². The molecule has 4 heterocycles. The highest BCUT2D eigenvalue weighted by molar-refractivity contribution is 7.00. The predicted molar refractivity (Wildman–Crippen MR) is 482 cm³/mol. The zero-order chi connectivity index (χ0) is 97.3. The Kier molecular flexibility index (Phi) is 12.0. The maximum Gasteiger partial charge on any atom is 0.252 e. The lowest BCUT2D eigenvalue weighted by Gasteiger charge is -2.47. The summed E-state index contributed by atoms with van der Waals surface area (Å²) >= 11 is 0. The molecule has 0 N–H and O–H groups in total. The van der Waals surface area contributed by atoms with Gasteiger partial charge in [0.05, 0.1) is 63.6 Å². The topological polar surface area (TPSA) is 16.3 Å². The molecule has 0 saturated heterocycles. The van der Waals surface area contributed by atoms with Crippen molar-refractivity contribution in [3.63, 3.8) is 0 Å². The average Bonchev–Trinajstić information content (AvgIpc) is 1.46. The van der Waals surface area contributed by atoms with Crippen LogP contribution in [0.1, 0.15) is 214 Å². The third-order valence-electron chi connectivity index (χ3n) is 22.4. The number of nitrogens with zero attached hydrogens (tertiary/aromatic N) is 4. The zero-order valence-corrected chi connectivity index (χ0v) is 67.6. The summed E-state index contributed by atoms with van der Waals surface area (Å²) in [5.74, 6) is 0. The van der Waals surface area contributed by atoms with E-state index in [-0.39, 0.29) is 43.8 Å². The maximum atomic E-state index is 12.0. The minimum absolute atomic E-state index is 0.149. The van der Waals surface area contributed by atoms with E-state index in [1.54, 1.807) is 0 Å². The molecule has 0 bridgehead atoms. The van der Waals surface area contributed by atoms with Gasteiger partial charge in [0, 0.05) is 77.9 Å². The van der Waals surface area contributed by atoms with E-state index >= 15 is 0 Å². The van der Waals surface area contributed by atoms with Crippen molar-refractivity contribution in [3.05, 3.63) is 305 Å². The van der Waals surface area contributed by atoms with E-state index in [0.29, 0.717) is 67.2 Å². The number of fused-ring (bicyclic) bond motifs is 10. The van der Waals surface area contributed by atoms with Crippen LogP contribution in [-0.2, 0) is 37.9 Å².